The molecule has 1 heterocycles. The van der Waals surface area contributed by atoms with Gasteiger partial charge in [-0.1, -0.05) is 23.7 Å². The first kappa shape index (κ1) is 22.2. The standard InChI is InChI=1S/C20H20ClN3O4S2/c1-29(26)18-10-8-17(9-11-18)24-13-15(5-12-19(25)23-30(2,27)28)20(22-24)14-3-6-16(21)7-4-14/h3-4,6-11,13H,5,12H2,1-2H3,(H,23,25). The molecule has 2 aromatic carbocycles. The summed E-state index contributed by atoms with van der Waals surface area (Å²) in [5, 5.41) is 5.25. The Morgan fingerprint density at radius 2 is 1.77 bits per heavy atom. The molecule has 3 rings (SSSR count). The Morgan fingerprint density at radius 1 is 1.13 bits per heavy atom. The first-order valence-corrected chi connectivity index (χ1v) is 12.7. The van der Waals surface area contributed by atoms with Crippen LogP contribution in [0.5, 0.6) is 0 Å². The Morgan fingerprint density at radius 3 is 2.33 bits per heavy atom. The van der Waals surface area contributed by atoms with Crippen molar-refractivity contribution in [2.75, 3.05) is 12.5 Å². The second kappa shape index (κ2) is 9.11. The molecule has 30 heavy (non-hydrogen) atoms. The minimum absolute atomic E-state index is 0.00684. The molecule has 10 heteroatoms. The van der Waals surface area contributed by atoms with Gasteiger partial charge in [0.15, 0.2) is 0 Å². The molecule has 0 saturated heterocycles. The number of carbonyl (C=O) groups is 1. The highest BCUT2D eigenvalue weighted by atomic mass is 35.5. The van der Waals surface area contributed by atoms with Crippen molar-refractivity contribution in [3.8, 4) is 16.9 Å². The average molecular weight is 466 g/mol. The Bertz CT molecular complexity index is 1190. The van der Waals surface area contributed by atoms with Crippen LogP contribution in [0.2, 0.25) is 5.02 Å². The molecule has 1 aromatic heterocycles. The molecule has 0 aliphatic heterocycles. The normalized spacial score (nSPS) is 12.5. The van der Waals surface area contributed by atoms with E-state index in [4.69, 9.17) is 11.6 Å². The summed E-state index contributed by atoms with van der Waals surface area (Å²) in [6.45, 7) is 0. The molecule has 158 valence electrons. The van der Waals surface area contributed by atoms with Crippen molar-refractivity contribution < 1.29 is 17.4 Å². The van der Waals surface area contributed by atoms with Crippen LogP contribution in [0.3, 0.4) is 0 Å². The van der Waals surface area contributed by atoms with E-state index in [1.54, 1.807) is 41.4 Å². The van der Waals surface area contributed by atoms with E-state index in [1.807, 2.05) is 29.0 Å². The molecule has 0 saturated carbocycles. The van der Waals surface area contributed by atoms with Crippen LogP contribution in [0, 0.1) is 0 Å². The minimum Gasteiger partial charge on any atom is -0.274 e. The summed E-state index contributed by atoms with van der Waals surface area (Å²) in [5.41, 5.74) is 3.04. The topological polar surface area (TPSA) is 98.1 Å². The zero-order valence-corrected chi connectivity index (χ0v) is 18.7. The smallest absolute Gasteiger partial charge is 0.233 e. The zero-order valence-electron chi connectivity index (χ0n) is 16.3. The number of rotatable bonds is 7. The second-order valence-corrected chi connectivity index (χ2v) is 10.3. The molecule has 0 aliphatic carbocycles. The van der Waals surface area contributed by atoms with Crippen LogP contribution < -0.4 is 4.72 Å². The number of hydrogen-bond donors (Lipinski definition) is 1. The summed E-state index contributed by atoms with van der Waals surface area (Å²) < 4.78 is 37.8. The minimum atomic E-state index is -3.60. The van der Waals surface area contributed by atoms with Crippen LogP contribution in [0.15, 0.2) is 59.6 Å². The van der Waals surface area contributed by atoms with E-state index >= 15 is 0 Å². The number of benzene rings is 2. The third-order valence-electron chi connectivity index (χ3n) is 4.26. The molecular weight excluding hydrogens is 446 g/mol. The number of aryl methyl sites for hydroxylation is 1. The molecule has 1 N–H and O–H groups in total. The third kappa shape index (κ3) is 5.78. The van der Waals surface area contributed by atoms with Gasteiger partial charge in [0.1, 0.15) is 0 Å². The van der Waals surface area contributed by atoms with Gasteiger partial charge in [-0.15, -0.1) is 0 Å². The van der Waals surface area contributed by atoms with Gasteiger partial charge < -0.3 is 0 Å². The summed E-state index contributed by atoms with van der Waals surface area (Å²) in [6.07, 6.45) is 4.65. The Kier molecular flexibility index (Phi) is 6.74. The first-order valence-electron chi connectivity index (χ1n) is 8.91. The fraction of sp³-hybridized carbons (Fsp3) is 0.200. The molecule has 1 atom stereocenters. The summed E-state index contributed by atoms with van der Waals surface area (Å²) in [5.74, 6) is -0.581. The van der Waals surface area contributed by atoms with Crippen molar-refractivity contribution in [2.45, 2.75) is 17.7 Å². The van der Waals surface area contributed by atoms with Gasteiger partial charge in [0, 0.05) is 45.2 Å². The summed E-state index contributed by atoms with van der Waals surface area (Å²) in [4.78, 5) is 12.6. The van der Waals surface area contributed by atoms with Crippen molar-refractivity contribution in [3.63, 3.8) is 0 Å². The average Bonchev–Trinajstić information content (AvgIpc) is 3.10. The maximum Gasteiger partial charge on any atom is 0.233 e. The van der Waals surface area contributed by atoms with E-state index in [2.05, 4.69) is 5.10 Å². The summed E-state index contributed by atoms with van der Waals surface area (Å²) >= 11 is 5.98. The molecule has 0 bridgehead atoms. The van der Waals surface area contributed by atoms with Crippen molar-refractivity contribution in [1.29, 1.82) is 0 Å². The van der Waals surface area contributed by atoms with Crippen molar-refractivity contribution in [3.05, 3.63) is 65.3 Å². The zero-order chi connectivity index (χ0) is 21.9. The van der Waals surface area contributed by atoms with Gasteiger partial charge in [-0.3, -0.25) is 13.7 Å². The number of halogens is 1. The maximum atomic E-state index is 11.9. The van der Waals surface area contributed by atoms with Crippen LogP contribution in [0.4, 0.5) is 0 Å². The largest absolute Gasteiger partial charge is 0.274 e. The van der Waals surface area contributed by atoms with Crippen LogP contribution in [0.25, 0.3) is 16.9 Å². The molecule has 3 aromatic rings. The first-order chi connectivity index (χ1) is 14.1. The lowest BCUT2D eigenvalue weighted by atomic mass is 10.0. The molecule has 0 fully saturated rings. The third-order valence-corrected chi connectivity index (χ3v) is 6.05. The number of sulfonamides is 1. The molecule has 0 radical (unpaired) electrons. The number of hydrogen-bond acceptors (Lipinski definition) is 5. The summed E-state index contributed by atoms with van der Waals surface area (Å²) in [7, 11) is -4.68. The van der Waals surface area contributed by atoms with Crippen molar-refractivity contribution in [2.24, 2.45) is 0 Å². The van der Waals surface area contributed by atoms with Gasteiger partial charge in [-0.05, 0) is 48.4 Å². The van der Waals surface area contributed by atoms with Crippen LogP contribution in [-0.4, -0.2) is 40.8 Å². The quantitative estimate of drug-likeness (QED) is 0.578. The van der Waals surface area contributed by atoms with Gasteiger partial charge in [0.2, 0.25) is 15.9 Å². The predicted molar refractivity (Wildman–Crippen MR) is 118 cm³/mol. The molecular formula is C20H20ClN3O4S2. The van der Waals surface area contributed by atoms with Crippen LogP contribution in [-0.2, 0) is 32.0 Å². The number of nitrogens with zero attached hydrogens (tertiary/aromatic N) is 2. The highest BCUT2D eigenvalue weighted by Crippen LogP contribution is 2.26. The summed E-state index contributed by atoms with van der Waals surface area (Å²) in [6, 6.07) is 14.3. The van der Waals surface area contributed by atoms with Crippen LogP contribution >= 0.6 is 11.6 Å². The van der Waals surface area contributed by atoms with E-state index < -0.39 is 26.7 Å². The number of carbonyl (C=O) groups excluding carboxylic acids is 1. The Balaban J connectivity index is 1.93. The highest BCUT2D eigenvalue weighted by Gasteiger charge is 2.15. The lowest BCUT2D eigenvalue weighted by Gasteiger charge is -2.04. The van der Waals surface area contributed by atoms with E-state index in [0.29, 0.717) is 22.0 Å². The van der Waals surface area contributed by atoms with Gasteiger partial charge in [-0.2, -0.15) is 5.10 Å². The molecule has 0 aliphatic rings. The van der Waals surface area contributed by atoms with Crippen molar-refractivity contribution >= 4 is 38.3 Å². The maximum absolute atomic E-state index is 11.9. The molecule has 1 amide bonds. The SMILES string of the molecule is CS(=O)c1ccc(-n2cc(CCC(=O)NS(C)(=O)=O)c(-c3ccc(Cl)cc3)n2)cc1. The molecule has 0 spiro atoms. The fourth-order valence-electron chi connectivity index (χ4n) is 2.87. The number of nitrogens with one attached hydrogen (secondary N) is 1. The Hall–Kier alpha value is -2.49. The van der Waals surface area contributed by atoms with E-state index in [9.17, 15) is 17.4 Å². The van der Waals surface area contributed by atoms with Gasteiger partial charge in [0.05, 0.1) is 17.6 Å². The van der Waals surface area contributed by atoms with Gasteiger partial charge in [0.25, 0.3) is 0 Å². The monoisotopic (exact) mass is 465 g/mol. The molecule has 1 unspecified atom stereocenters. The van der Waals surface area contributed by atoms with Crippen LogP contribution in [0.1, 0.15) is 12.0 Å². The number of aromatic nitrogens is 2. The lowest BCUT2D eigenvalue weighted by molar-refractivity contribution is -0.119. The highest BCUT2D eigenvalue weighted by molar-refractivity contribution is 7.89. The van der Waals surface area contributed by atoms with E-state index in [0.717, 1.165) is 23.1 Å². The Labute approximate surface area is 182 Å². The lowest BCUT2D eigenvalue weighted by Crippen LogP contribution is -2.29. The predicted octanol–water partition coefficient (Wildman–Crippen LogP) is 2.94. The van der Waals surface area contributed by atoms with E-state index in [1.165, 1.54) is 0 Å². The van der Waals surface area contributed by atoms with Gasteiger partial charge >= 0.3 is 0 Å². The fourth-order valence-corrected chi connectivity index (χ4v) is 4.03. The number of amides is 1. The van der Waals surface area contributed by atoms with Gasteiger partial charge in [-0.25, -0.2) is 13.1 Å². The van der Waals surface area contributed by atoms with Crippen molar-refractivity contribution in [1.82, 2.24) is 14.5 Å². The van der Waals surface area contributed by atoms with E-state index in [-0.39, 0.29) is 6.42 Å². The molecule has 7 nitrogen and oxygen atoms in total. The second-order valence-electron chi connectivity index (χ2n) is 6.70.